The molecule has 1 N–H and O–H groups in total. The number of rotatable bonds is 6. The third kappa shape index (κ3) is 5.09. The van der Waals surface area contributed by atoms with Crippen LogP contribution in [0.5, 0.6) is 5.75 Å². The van der Waals surface area contributed by atoms with Crippen LogP contribution in [-0.2, 0) is 21.2 Å². The van der Waals surface area contributed by atoms with Crippen molar-refractivity contribution >= 4 is 21.6 Å². The Morgan fingerprint density at radius 3 is 2.53 bits per heavy atom. The molecule has 1 aliphatic carbocycles. The molecule has 6 nitrogen and oxygen atoms in total. The first-order valence-corrected chi connectivity index (χ1v) is 13.0. The normalized spacial score (nSPS) is 17.3. The predicted molar refractivity (Wildman–Crippen MR) is 126 cm³/mol. The van der Waals surface area contributed by atoms with Crippen molar-refractivity contribution in [3.05, 3.63) is 53.6 Å². The average Bonchev–Trinajstić information content (AvgIpc) is 3.19. The second-order valence-corrected chi connectivity index (χ2v) is 10.6. The summed E-state index contributed by atoms with van der Waals surface area (Å²) in [5.74, 6) is 0.402. The second kappa shape index (κ2) is 9.94. The number of amides is 1. The van der Waals surface area contributed by atoms with Crippen molar-refractivity contribution < 1.29 is 17.9 Å². The van der Waals surface area contributed by atoms with Gasteiger partial charge in [0.2, 0.25) is 0 Å². The predicted octanol–water partition coefficient (Wildman–Crippen LogP) is 4.35. The van der Waals surface area contributed by atoms with Gasteiger partial charge in [0.05, 0.1) is 10.6 Å². The van der Waals surface area contributed by atoms with E-state index in [0.29, 0.717) is 24.3 Å². The SMILES string of the molecule is Cc1cc(S(=O)(=O)N2CCc3ccccc32)ccc1OCC(=O)NC1CCCCCCC1. The molecule has 0 atom stereocenters. The summed E-state index contributed by atoms with van der Waals surface area (Å²) in [7, 11) is -3.65. The lowest BCUT2D eigenvalue weighted by atomic mass is 9.97. The fourth-order valence-corrected chi connectivity index (χ4v) is 6.23. The van der Waals surface area contributed by atoms with Crippen molar-refractivity contribution in [1.82, 2.24) is 5.32 Å². The number of sulfonamides is 1. The number of hydrogen-bond acceptors (Lipinski definition) is 4. The summed E-state index contributed by atoms with van der Waals surface area (Å²) >= 11 is 0. The first-order chi connectivity index (χ1) is 15.4. The van der Waals surface area contributed by atoms with Gasteiger partial charge in [-0.1, -0.05) is 50.3 Å². The van der Waals surface area contributed by atoms with Gasteiger partial charge in [0.1, 0.15) is 5.75 Å². The Hall–Kier alpha value is -2.54. The van der Waals surface area contributed by atoms with Crippen molar-refractivity contribution in [1.29, 1.82) is 0 Å². The van der Waals surface area contributed by atoms with Crippen LogP contribution in [0.3, 0.4) is 0 Å². The molecular formula is C25H32N2O4S. The molecule has 0 unspecified atom stereocenters. The lowest BCUT2D eigenvalue weighted by molar-refractivity contribution is -0.123. The van der Waals surface area contributed by atoms with E-state index in [1.807, 2.05) is 24.3 Å². The van der Waals surface area contributed by atoms with E-state index >= 15 is 0 Å². The highest BCUT2D eigenvalue weighted by Gasteiger charge is 2.30. The van der Waals surface area contributed by atoms with Gasteiger partial charge in [0.15, 0.2) is 6.61 Å². The van der Waals surface area contributed by atoms with Crippen LogP contribution in [0, 0.1) is 6.92 Å². The smallest absolute Gasteiger partial charge is 0.264 e. The molecule has 2 aromatic carbocycles. The lowest BCUT2D eigenvalue weighted by Crippen LogP contribution is -2.38. The molecule has 2 aliphatic rings. The lowest BCUT2D eigenvalue weighted by Gasteiger charge is -2.21. The first-order valence-electron chi connectivity index (χ1n) is 11.6. The van der Waals surface area contributed by atoms with Crippen molar-refractivity contribution in [2.75, 3.05) is 17.5 Å². The van der Waals surface area contributed by atoms with Gasteiger partial charge < -0.3 is 10.1 Å². The number of carbonyl (C=O) groups is 1. The molecule has 2 aromatic rings. The molecule has 1 aliphatic heterocycles. The maximum absolute atomic E-state index is 13.2. The molecule has 4 rings (SSSR count). The number of benzene rings is 2. The van der Waals surface area contributed by atoms with E-state index in [1.165, 1.54) is 23.6 Å². The monoisotopic (exact) mass is 456 g/mol. The molecule has 32 heavy (non-hydrogen) atoms. The van der Waals surface area contributed by atoms with E-state index in [9.17, 15) is 13.2 Å². The Kier molecular flexibility index (Phi) is 7.04. The summed E-state index contributed by atoms with van der Waals surface area (Å²) in [5.41, 5.74) is 2.48. The Bertz CT molecular complexity index is 1060. The third-order valence-electron chi connectivity index (χ3n) is 6.41. The van der Waals surface area contributed by atoms with E-state index in [4.69, 9.17) is 4.74 Å². The number of para-hydroxylation sites is 1. The van der Waals surface area contributed by atoms with Gasteiger partial charge in [0, 0.05) is 12.6 Å². The van der Waals surface area contributed by atoms with Gasteiger partial charge >= 0.3 is 0 Å². The number of nitrogens with one attached hydrogen (secondary N) is 1. The minimum absolute atomic E-state index is 0.0665. The van der Waals surface area contributed by atoms with E-state index in [0.717, 1.165) is 36.9 Å². The third-order valence-corrected chi connectivity index (χ3v) is 8.22. The molecule has 1 fully saturated rings. The fourth-order valence-electron chi connectivity index (χ4n) is 4.64. The molecule has 1 heterocycles. The molecule has 1 saturated carbocycles. The second-order valence-electron chi connectivity index (χ2n) is 8.78. The van der Waals surface area contributed by atoms with E-state index < -0.39 is 10.0 Å². The van der Waals surface area contributed by atoms with Gasteiger partial charge in [-0.25, -0.2) is 8.42 Å². The highest BCUT2D eigenvalue weighted by atomic mass is 32.2. The van der Waals surface area contributed by atoms with Crippen molar-refractivity contribution in [3.63, 3.8) is 0 Å². The van der Waals surface area contributed by atoms with Crippen LogP contribution in [0.4, 0.5) is 5.69 Å². The maximum atomic E-state index is 13.2. The minimum Gasteiger partial charge on any atom is -0.484 e. The molecule has 172 valence electrons. The van der Waals surface area contributed by atoms with Crippen LogP contribution in [0.1, 0.15) is 56.1 Å². The van der Waals surface area contributed by atoms with E-state index in [2.05, 4.69) is 5.32 Å². The molecule has 0 bridgehead atoms. The van der Waals surface area contributed by atoms with Crippen LogP contribution in [0.15, 0.2) is 47.4 Å². The van der Waals surface area contributed by atoms with E-state index in [1.54, 1.807) is 25.1 Å². The highest BCUT2D eigenvalue weighted by molar-refractivity contribution is 7.92. The Labute approximate surface area is 191 Å². The van der Waals surface area contributed by atoms with Crippen LogP contribution in [0.25, 0.3) is 0 Å². The zero-order valence-corrected chi connectivity index (χ0v) is 19.5. The first kappa shape index (κ1) is 22.6. The van der Waals surface area contributed by atoms with Crippen LogP contribution in [0.2, 0.25) is 0 Å². The molecule has 1 amide bonds. The zero-order chi connectivity index (χ0) is 22.6. The summed E-state index contributed by atoms with van der Waals surface area (Å²) in [5, 5.41) is 3.09. The van der Waals surface area contributed by atoms with Gasteiger partial charge in [-0.2, -0.15) is 0 Å². The zero-order valence-electron chi connectivity index (χ0n) is 18.7. The van der Waals surface area contributed by atoms with E-state index in [-0.39, 0.29) is 23.5 Å². The molecule has 0 aromatic heterocycles. The van der Waals surface area contributed by atoms with Crippen LogP contribution < -0.4 is 14.4 Å². The Morgan fingerprint density at radius 2 is 1.78 bits per heavy atom. The summed E-state index contributed by atoms with van der Waals surface area (Å²) in [6.45, 7) is 2.18. The van der Waals surface area contributed by atoms with Crippen LogP contribution >= 0.6 is 0 Å². The van der Waals surface area contributed by atoms with Gasteiger partial charge in [-0.05, 0) is 61.6 Å². The summed E-state index contributed by atoms with van der Waals surface area (Å²) in [6.07, 6.45) is 8.84. The number of carbonyl (C=O) groups excluding carboxylic acids is 1. The minimum atomic E-state index is -3.65. The molecule has 7 heteroatoms. The molecule has 0 radical (unpaired) electrons. The topological polar surface area (TPSA) is 75.7 Å². The van der Waals surface area contributed by atoms with Crippen molar-refractivity contribution in [2.24, 2.45) is 0 Å². The highest BCUT2D eigenvalue weighted by Crippen LogP contribution is 2.33. The number of aryl methyl sites for hydroxylation is 1. The molecule has 0 saturated heterocycles. The number of hydrogen-bond donors (Lipinski definition) is 1. The Morgan fingerprint density at radius 1 is 1.06 bits per heavy atom. The van der Waals surface area contributed by atoms with Crippen LogP contribution in [-0.4, -0.2) is 33.5 Å². The van der Waals surface area contributed by atoms with Crippen molar-refractivity contribution in [3.8, 4) is 5.75 Å². The maximum Gasteiger partial charge on any atom is 0.264 e. The average molecular weight is 457 g/mol. The van der Waals surface area contributed by atoms with Crippen molar-refractivity contribution in [2.45, 2.75) is 69.2 Å². The molecule has 0 spiro atoms. The Balaban J connectivity index is 1.38. The molecular weight excluding hydrogens is 424 g/mol. The standard InChI is InChI=1S/C25H32N2O4S/c1-19-17-22(32(29,30)27-16-15-20-9-7-8-12-23(20)27)13-14-24(19)31-18-25(28)26-21-10-5-3-2-4-6-11-21/h7-9,12-14,17,21H,2-6,10-11,15-16,18H2,1H3,(H,26,28). The number of anilines is 1. The van der Waals surface area contributed by atoms with Gasteiger partial charge in [0.25, 0.3) is 15.9 Å². The summed E-state index contributed by atoms with van der Waals surface area (Å²) in [6, 6.07) is 12.7. The number of ether oxygens (including phenoxy) is 1. The summed E-state index contributed by atoms with van der Waals surface area (Å²) < 4.78 is 33.6. The number of nitrogens with zero attached hydrogens (tertiary/aromatic N) is 1. The quantitative estimate of drug-likeness (QED) is 0.701. The fraction of sp³-hybridized carbons (Fsp3) is 0.480. The largest absolute Gasteiger partial charge is 0.484 e. The number of fused-ring (bicyclic) bond motifs is 1. The summed E-state index contributed by atoms with van der Waals surface area (Å²) in [4.78, 5) is 12.6. The van der Waals surface area contributed by atoms with Gasteiger partial charge in [-0.3, -0.25) is 9.10 Å². The van der Waals surface area contributed by atoms with Gasteiger partial charge in [-0.15, -0.1) is 0 Å².